The predicted molar refractivity (Wildman–Crippen MR) is 237 cm³/mol. The van der Waals surface area contributed by atoms with E-state index in [2.05, 4.69) is 187 Å². The van der Waals surface area contributed by atoms with E-state index in [4.69, 9.17) is 19.4 Å². The maximum Gasteiger partial charge on any atom is 0.164 e. The molecule has 0 bridgehead atoms. The van der Waals surface area contributed by atoms with Crippen molar-refractivity contribution >= 4 is 60.6 Å². The summed E-state index contributed by atoms with van der Waals surface area (Å²) >= 11 is 0. The Bertz CT molecular complexity index is 3450. The average Bonchev–Trinajstić information content (AvgIpc) is 3.84. The number of nitrogens with zero attached hydrogens (tertiary/aromatic N) is 4. The third-order valence-corrected chi connectivity index (χ3v) is 11.8. The highest BCUT2D eigenvalue weighted by molar-refractivity contribution is 6.16. The van der Waals surface area contributed by atoms with Crippen molar-refractivity contribution in [1.82, 2.24) is 19.5 Å². The Morgan fingerprint density at radius 1 is 0.517 bits per heavy atom. The van der Waals surface area contributed by atoms with Crippen molar-refractivity contribution < 1.29 is 4.42 Å². The molecule has 3 heterocycles. The van der Waals surface area contributed by atoms with Crippen molar-refractivity contribution in [3.05, 3.63) is 199 Å². The molecule has 5 heteroatoms. The lowest BCUT2D eigenvalue weighted by molar-refractivity contribution is 0.666. The topological polar surface area (TPSA) is 56.7 Å². The fraction of sp³-hybridized carbons (Fsp3) is 0.0377. The van der Waals surface area contributed by atoms with Crippen molar-refractivity contribution in [2.45, 2.75) is 12.3 Å². The fourth-order valence-electron chi connectivity index (χ4n) is 8.96. The molecule has 0 aliphatic heterocycles. The summed E-state index contributed by atoms with van der Waals surface area (Å²) in [6.45, 7) is 0. The van der Waals surface area contributed by atoms with Crippen LogP contribution < -0.4 is 0 Å². The molecule has 58 heavy (non-hydrogen) atoms. The molecule has 0 saturated heterocycles. The molecule has 272 valence electrons. The van der Waals surface area contributed by atoms with Gasteiger partial charge in [0, 0.05) is 38.6 Å². The van der Waals surface area contributed by atoms with Gasteiger partial charge in [-0.2, -0.15) is 0 Å². The van der Waals surface area contributed by atoms with Gasteiger partial charge >= 0.3 is 0 Å². The molecule has 12 rings (SSSR count). The summed E-state index contributed by atoms with van der Waals surface area (Å²) in [7, 11) is 0. The molecule has 0 radical (unpaired) electrons. The lowest BCUT2D eigenvalue weighted by Gasteiger charge is -2.19. The molecule has 1 aliphatic carbocycles. The summed E-state index contributed by atoms with van der Waals surface area (Å²) in [5.41, 5.74) is 11.6. The minimum Gasteiger partial charge on any atom is -0.454 e. The van der Waals surface area contributed by atoms with Gasteiger partial charge in [0.2, 0.25) is 0 Å². The van der Waals surface area contributed by atoms with Crippen LogP contribution in [0.15, 0.2) is 186 Å². The van der Waals surface area contributed by atoms with E-state index in [1.807, 2.05) is 6.07 Å². The maximum absolute atomic E-state index is 6.93. The third kappa shape index (κ3) is 5.21. The second-order valence-electron chi connectivity index (χ2n) is 15.2. The van der Waals surface area contributed by atoms with Crippen LogP contribution in [0.25, 0.3) is 100 Å². The number of rotatable bonds is 5. The summed E-state index contributed by atoms with van der Waals surface area (Å²) in [6, 6.07) is 62.1. The molecule has 1 unspecified atom stereocenters. The van der Waals surface area contributed by atoms with Gasteiger partial charge in [-0.15, -0.1) is 0 Å². The van der Waals surface area contributed by atoms with Gasteiger partial charge in [0.25, 0.3) is 0 Å². The molecule has 0 N–H and O–H groups in total. The molecule has 0 fully saturated rings. The zero-order chi connectivity index (χ0) is 38.2. The van der Waals surface area contributed by atoms with Gasteiger partial charge in [-0.05, 0) is 69.8 Å². The van der Waals surface area contributed by atoms with Crippen LogP contribution in [-0.4, -0.2) is 19.5 Å². The third-order valence-electron chi connectivity index (χ3n) is 11.8. The first-order chi connectivity index (χ1) is 28.7. The van der Waals surface area contributed by atoms with E-state index in [0.717, 1.165) is 67.4 Å². The minimum atomic E-state index is -0.00108. The van der Waals surface area contributed by atoms with Crippen molar-refractivity contribution in [2.24, 2.45) is 0 Å². The zero-order valence-electron chi connectivity index (χ0n) is 31.4. The van der Waals surface area contributed by atoms with E-state index < -0.39 is 0 Å². The van der Waals surface area contributed by atoms with Crippen LogP contribution in [0.5, 0.6) is 0 Å². The van der Waals surface area contributed by atoms with Crippen molar-refractivity contribution in [2.75, 3.05) is 0 Å². The Morgan fingerprint density at radius 3 is 2.22 bits per heavy atom. The molecular formula is C53H34N4O. The van der Waals surface area contributed by atoms with Gasteiger partial charge in [0.15, 0.2) is 17.2 Å². The largest absolute Gasteiger partial charge is 0.454 e. The molecule has 1 atom stereocenters. The highest BCUT2D eigenvalue weighted by atomic mass is 16.3. The SMILES string of the molecule is C1=CC(c2nc(-c3ccc4ccccc4c3)nc(-c3cccc4oc5c(-n6c7ccccc7c7ccc(-c8ccccc8)cc76)cccc5c34)n2)Cc2ccccc21. The summed E-state index contributed by atoms with van der Waals surface area (Å²) in [4.78, 5) is 15.7. The molecule has 0 amide bonds. The summed E-state index contributed by atoms with van der Waals surface area (Å²) in [6.07, 6.45) is 5.26. The average molecular weight is 743 g/mol. The number of aromatic nitrogens is 4. The smallest absolute Gasteiger partial charge is 0.164 e. The van der Waals surface area contributed by atoms with Gasteiger partial charge in [-0.25, -0.2) is 15.0 Å². The van der Waals surface area contributed by atoms with E-state index in [1.54, 1.807) is 0 Å². The monoisotopic (exact) mass is 742 g/mol. The standard InChI is InChI=1S/C53H34N4O/c1-2-12-33(13-3-1)38-28-29-42-41-18-8-9-21-45(41)57(47(42)32-38)46-22-10-19-43-49-44(20-11-23-48(49)58-50(43)46)53-55-51(39-26-24-34-14-4-6-16-36(34)30-39)54-52(56-53)40-27-25-35-15-5-7-17-37(35)31-40/h1-30,32,40H,31H2. The summed E-state index contributed by atoms with van der Waals surface area (Å²) in [5.74, 6) is 2.04. The first-order valence-electron chi connectivity index (χ1n) is 19.8. The lowest BCUT2D eigenvalue weighted by Crippen LogP contribution is -2.12. The first kappa shape index (κ1) is 32.6. The number of hydrogen-bond acceptors (Lipinski definition) is 4. The number of allylic oxidation sites excluding steroid dienone is 1. The van der Waals surface area contributed by atoms with Crippen LogP contribution in [-0.2, 0) is 6.42 Å². The Morgan fingerprint density at radius 2 is 1.28 bits per heavy atom. The second kappa shape index (κ2) is 13.0. The van der Waals surface area contributed by atoms with Gasteiger partial charge in [0.05, 0.1) is 16.7 Å². The first-order valence-corrected chi connectivity index (χ1v) is 19.8. The van der Waals surface area contributed by atoms with Gasteiger partial charge in [0.1, 0.15) is 11.4 Å². The minimum absolute atomic E-state index is 0.00108. The maximum atomic E-state index is 6.93. The molecule has 11 aromatic rings. The number of fused-ring (bicyclic) bond motifs is 8. The van der Waals surface area contributed by atoms with Crippen molar-refractivity contribution in [1.29, 1.82) is 0 Å². The Balaban J connectivity index is 1.07. The highest BCUT2D eigenvalue weighted by Crippen LogP contribution is 2.42. The van der Waals surface area contributed by atoms with Gasteiger partial charge < -0.3 is 8.98 Å². The van der Waals surface area contributed by atoms with Crippen LogP contribution in [0, 0.1) is 0 Å². The molecule has 5 nitrogen and oxygen atoms in total. The predicted octanol–water partition coefficient (Wildman–Crippen LogP) is 13.4. The van der Waals surface area contributed by atoms with E-state index in [1.165, 1.54) is 38.4 Å². The normalized spacial score (nSPS) is 13.9. The van der Waals surface area contributed by atoms with Gasteiger partial charge in [-0.1, -0.05) is 158 Å². The number of hydrogen-bond donors (Lipinski definition) is 0. The van der Waals surface area contributed by atoms with Gasteiger partial charge in [-0.3, -0.25) is 0 Å². The van der Waals surface area contributed by atoms with Crippen LogP contribution in [0.2, 0.25) is 0 Å². The second-order valence-corrected chi connectivity index (χ2v) is 15.2. The summed E-state index contributed by atoms with van der Waals surface area (Å²) in [5, 5.41) is 6.71. The van der Waals surface area contributed by atoms with Crippen LogP contribution in [0.1, 0.15) is 22.9 Å². The fourth-order valence-corrected chi connectivity index (χ4v) is 8.96. The number of benzene rings is 8. The van der Waals surface area contributed by atoms with E-state index in [-0.39, 0.29) is 5.92 Å². The highest BCUT2D eigenvalue weighted by Gasteiger charge is 2.24. The lowest BCUT2D eigenvalue weighted by atomic mass is 9.89. The number of furan rings is 1. The molecule has 8 aromatic carbocycles. The van der Waals surface area contributed by atoms with E-state index in [0.29, 0.717) is 11.6 Å². The van der Waals surface area contributed by atoms with E-state index in [9.17, 15) is 0 Å². The van der Waals surface area contributed by atoms with E-state index >= 15 is 0 Å². The summed E-state index contributed by atoms with van der Waals surface area (Å²) < 4.78 is 9.28. The molecule has 1 aliphatic rings. The Labute approximate surface area is 334 Å². The van der Waals surface area contributed by atoms with Crippen molar-refractivity contribution in [3.63, 3.8) is 0 Å². The van der Waals surface area contributed by atoms with Crippen LogP contribution in [0.3, 0.4) is 0 Å². The zero-order valence-corrected chi connectivity index (χ0v) is 31.4. The van der Waals surface area contributed by atoms with Crippen LogP contribution >= 0.6 is 0 Å². The molecule has 0 saturated carbocycles. The molecule has 0 spiro atoms. The van der Waals surface area contributed by atoms with Crippen molar-refractivity contribution in [3.8, 4) is 39.6 Å². The number of para-hydroxylation sites is 2. The molecular weight excluding hydrogens is 709 g/mol. The quantitative estimate of drug-likeness (QED) is 0.176. The molecule has 3 aromatic heterocycles. The van der Waals surface area contributed by atoms with Crippen LogP contribution in [0.4, 0.5) is 0 Å². The Kier molecular flexibility index (Phi) is 7.29. The Hall–Kier alpha value is -7.63.